The molecule has 0 radical (unpaired) electrons. The van der Waals surface area contributed by atoms with Gasteiger partial charge in [-0.25, -0.2) is 0 Å². The Labute approximate surface area is 142 Å². The van der Waals surface area contributed by atoms with Crippen molar-refractivity contribution in [2.45, 2.75) is 49.9 Å². The second-order valence-electron chi connectivity index (χ2n) is 6.11. The molecule has 5 heteroatoms. The van der Waals surface area contributed by atoms with Crippen molar-refractivity contribution in [3.63, 3.8) is 0 Å². The van der Waals surface area contributed by atoms with Crippen LogP contribution in [0.25, 0.3) is 0 Å². The highest BCUT2D eigenvalue weighted by Crippen LogP contribution is 2.29. The molecule has 0 saturated heterocycles. The molecule has 1 aliphatic rings. The van der Waals surface area contributed by atoms with Gasteiger partial charge in [0.1, 0.15) is 0 Å². The zero-order chi connectivity index (χ0) is 16.7. The Balaban J connectivity index is 2.05. The molecule has 4 nitrogen and oxygen atoms in total. The monoisotopic (exact) mass is 337 g/mol. The van der Waals surface area contributed by atoms with Gasteiger partial charge in [0, 0.05) is 5.56 Å². The summed E-state index contributed by atoms with van der Waals surface area (Å²) in [6.45, 7) is 0. The molecule has 2 atom stereocenters. The second kappa shape index (κ2) is 8.92. The number of methoxy groups -OCH3 is 1. The molecule has 1 fully saturated rings. The number of carbonyl (C=O) groups excluding carboxylic acids is 2. The first-order chi connectivity index (χ1) is 11.1. The molecule has 23 heavy (non-hydrogen) atoms. The van der Waals surface area contributed by atoms with Crippen LogP contribution in [0.3, 0.4) is 0 Å². The zero-order valence-electron chi connectivity index (χ0n) is 13.5. The number of nitrogens with one attached hydrogen (secondary N) is 1. The Bertz CT molecular complexity index is 514. The summed E-state index contributed by atoms with van der Waals surface area (Å²) in [6, 6.07) is 8.55. The van der Waals surface area contributed by atoms with Crippen molar-refractivity contribution in [2.24, 2.45) is 5.92 Å². The number of esters is 1. The average Bonchev–Trinajstić information content (AvgIpc) is 2.61. The number of rotatable bonds is 6. The predicted molar refractivity (Wildman–Crippen MR) is 90.5 cm³/mol. The van der Waals surface area contributed by atoms with Gasteiger partial charge in [-0.1, -0.05) is 50.3 Å². The first-order valence-electron chi connectivity index (χ1n) is 8.19. The summed E-state index contributed by atoms with van der Waals surface area (Å²) in [5.74, 6) is -0.211. The second-order valence-corrected chi connectivity index (χ2v) is 6.58. The fourth-order valence-electron chi connectivity index (χ4n) is 3.15. The number of hydrogen-bond acceptors (Lipinski definition) is 3. The standard InChI is InChI=1S/C18H24ClNO3/c1-23-18(22)16(19)15(12-13-8-4-2-5-9-13)20-17(21)14-10-6-3-7-11-14/h3,6-7,10-11,13,15-16H,2,4-5,8-9,12H2,1H3,(H,20,21)/t15-,16-/m0/s1. The van der Waals surface area contributed by atoms with E-state index < -0.39 is 17.4 Å². The minimum atomic E-state index is -0.866. The molecule has 0 heterocycles. The number of alkyl halides is 1. The number of amides is 1. The molecule has 1 aromatic carbocycles. The topological polar surface area (TPSA) is 55.4 Å². The Morgan fingerprint density at radius 2 is 1.87 bits per heavy atom. The van der Waals surface area contributed by atoms with E-state index in [1.54, 1.807) is 12.1 Å². The van der Waals surface area contributed by atoms with Crippen LogP contribution < -0.4 is 5.32 Å². The molecular formula is C18H24ClNO3. The maximum Gasteiger partial charge on any atom is 0.325 e. The summed E-state index contributed by atoms with van der Waals surface area (Å²) in [6.07, 6.45) is 6.63. The van der Waals surface area contributed by atoms with E-state index >= 15 is 0 Å². The van der Waals surface area contributed by atoms with Crippen LogP contribution in [0.15, 0.2) is 30.3 Å². The lowest BCUT2D eigenvalue weighted by atomic mass is 9.84. The normalized spacial score (nSPS) is 18.0. The number of benzene rings is 1. The highest BCUT2D eigenvalue weighted by molar-refractivity contribution is 6.30. The highest BCUT2D eigenvalue weighted by Gasteiger charge is 2.31. The van der Waals surface area contributed by atoms with Gasteiger partial charge in [-0.05, 0) is 24.5 Å². The van der Waals surface area contributed by atoms with Gasteiger partial charge in [0.25, 0.3) is 5.91 Å². The van der Waals surface area contributed by atoms with Crippen molar-refractivity contribution in [2.75, 3.05) is 7.11 Å². The van der Waals surface area contributed by atoms with Crippen molar-refractivity contribution < 1.29 is 14.3 Å². The van der Waals surface area contributed by atoms with Crippen molar-refractivity contribution in [1.29, 1.82) is 0 Å². The van der Waals surface area contributed by atoms with Gasteiger partial charge < -0.3 is 10.1 Å². The molecule has 1 aromatic rings. The number of hydrogen-bond donors (Lipinski definition) is 1. The summed E-state index contributed by atoms with van der Waals surface area (Å²) in [7, 11) is 1.31. The minimum Gasteiger partial charge on any atom is -0.468 e. The maximum absolute atomic E-state index is 12.4. The van der Waals surface area contributed by atoms with Gasteiger partial charge in [0.05, 0.1) is 13.2 Å². The third-order valence-electron chi connectivity index (χ3n) is 4.44. The molecule has 2 rings (SSSR count). The third-order valence-corrected chi connectivity index (χ3v) is 4.93. The molecule has 1 aliphatic carbocycles. The molecular weight excluding hydrogens is 314 g/mol. The van der Waals surface area contributed by atoms with Gasteiger partial charge in [-0.2, -0.15) is 0 Å². The fraction of sp³-hybridized carbons (Fsp3) is 0.556. The van der Waals surface area contributed by atoms with E-state index in [2.05, 4.69) is 5.32 Å². The van der Waals surface area contributed by atoms with E-state index in [-0.39, 0.29) is 5.91 Å². The van der Waals surface area contributed by atoms with Crippen LogP contribution in [-0.2, 0) is 9.53 Å². The Morgan fingerprint density at radius 1 is 1.22 bits per heavy atom. The first kappa shape index (κ1) is 17.8. The van der Waals surface area contributed by atoms with Crippen molar-refractivity contribution >= 4 is 23.5 Å². The molecule has 0 aromatic heterocycles. The van der Waals surface area contributed by atoms with Crippen LogP contribution in [0.2, 0.25) is 0 Å². The zero-order valence-corrected chi connectivity index (χ0v) is 14.2. The molecule has 0 aliphatic heterocycles. The predicted octanol–water partition coefficient (Wildman–Crippen LogP) is 3.54. The van der Waals surface area contributed by atoms with Gasteiger partial charge in [0.2, 0.25) is 0 Å². The largest absolute Gasteiger partial charge is 0.468 e. The molecule has 1 N–H and O–H groups in total. The SMILES string of the molecule is COC(=O)[C@@H](Cl)[C@H](CC1CCCCC1)NC(=O)c1ccccc1. The number of carbonyl (C=O) groups is 2. The van der Waals surface area contributed by atoms with E-state index in [0.717, 1.165) is 12.8 Å². The summed E-state index contributed by atoms with van der Waals surface area (Å²) >= 11 is 6.26. The quantitative estimate of drug-likeness (QED) is 0.638. The average molecular weight is 338 g/mol. The molecule has 1 saturated carbocycles. The Hall–Kier alpha value is -1.55. The van der Waals surface area contributed by atoms with Crippen LogP contribution in [0.4, 0.5) is 0 Å². The van der Waals surface area contributed by atoms with Crippen molar-refractivity contribution in [1.82, 2.24) is 5.32 Å². The first-order valence-corrected chi connectivity index (χ1v) is 8.63. The lowest BCUT2D eigenvalue weighted by Gasteiger charge is -2.29. The minimum absolute atomic E-state index is 0.207. The molecule has 126 valence electrons. The summed E-state index contributed by atoms with van der Waals surface area (Å²) in [4.78, 5) is 24.2. The summed E-state index contributed by atoms with van der Waals surface area (Å²) in [5.41, 5.74) is 0.565. The maximum atomic E-state index is 12.4. The van der Waals surface area contributed by atoms with Crippen LogP contribution in [0.1, 0.15) is 48.9 Å². The van der Waals surface area contributed by atoms with Crippen molar-refractivity contribution in [3.05, 3.63) is 35.9 Å². The summed E-state index contributed by atoms with van der Waals surface area (Å²) < 4.78 is 4.75. The van der Waals surface area contributed by atoms with Crippen molar-refractivity contribution in [3.8, 4) is 0 Å². The van der Waals surface area contributed by atoms with Gasteiger partial charge >= 0.3 is 5.97 Å². The van der Waals surface area contributed by atoms with Crippen LogP contribution in [0.5, 0.6) is 0 Å². The van der Waals surface area contributed by atoms with E-state index in [4.69, 9.17) is 16.3 Å². The number of ether oxygens (including phenoxy) is 1. The van der Waals surface area contributed by atoms with Crippen LogP contribution >= 0.6 is 11.6 Å². The van der Waals surface area contributed by atoms with E-state index in [1.807, 2.05) is 18.2 Å². The Kier molecular flexibility index (Phi) is 6.90. The lowest BCUT2D eigenvalue weighted by molar-refractivity contribution is -0.140. The molecule has 0 spiro atoms. The molecule has 0 unspecified atom stereocenters. The van der Waals surface area contributed by atoms with E-state index in [1.165, 1.54) is 26.4 Å². The molecule has 0 bridgehead atoms. The van der Waals surface area contributed by atoms with E-state index in [0.29, 0.717) is 17.9 Å². The lowest BCUT2D eigenvalue weighted by Crippen LogP contribution is -2.46. The van der Waals surface area contributed by atoms with Crippen LogP contribution in [-0.4, -0.2) is 30.4 Å². The van der Waals surface area contributed by atoms with Gasteiger partial charge in [-0.3, -0.25) is 9.59 Å². The fourth-order valence-corrected chi connectivity index (χ4v) is 3.41. The third kappa shape index (κ3) is 5.24. The van der Waals surface area contributed by atoms with Gasteiger partial charge in [0.15, 0.2) is 5.38 Å². The Morgan fingerprint density at radius 3 is 2.48 bits per heavy atom. The summed E-state index contributed by atoms with van der Waals surface area (Å²) in [5, 5.41) is 2.06. The van der Waals surface area contributed by atoms with E-state index in [9.17, 15) is 9.59 Å². The smallest absolute Gasteiger partial charge is 0.325 e. The van der Waals surface area contributed by atoms with Crippen LogP contribution in [0, 0.1) is 5.92 Å². The van der Waals surface area contributed by atoms with Gasteiger partial charge in [-0.15, -0.1) is 11.6 Å². The number of halogens is 1. The highest BCUT2D eigenvalue weighted by atomic mass is 35.5. The molecule has 1 amide bonds.